The van der Waals surface area contributed by atoms with Gasteiger partial charge < -0.3 is 10.4 Å². The molecule has 1 fully saturated rings. The van der Waals surface area contributed by atoms with Gasteiger partial charge >= 0.3 is 5.97 Å². The van der Waals surface area contributed by atoms with Crippen LogP contribution in [0.4, 0.5) is 0 Å². The highest BCUT2D eigenvalue weighted by Crippen LogP contribution is 2.49. The minimum Gasteiger partial charge on any atom is -0.481 e. The summed E-state index contributed by atoms with van der Waals surface area (Å²) in [4.78, 5) is 23.5. The second kappa shape index (κ2) is 6.93. The molecule has 2 N–H and O–H groups in total. The Labute approximate surface area is 142 Å². The molecule has 0 bridgehead atoms. The van der Waals surface area contributed by atoms with Crippen molar-refractivity contribution >= 4 is 21.7 Å². The van der Waals surface area contributed by atoms with Gasteiger partial charge in [0.05, 0.1) is 18.2 Å². The number of hydrogen-bond donors (Lipinski definition) is 2. The predicted molar refractivity (Wildman–Crippen MR) is 90.3 cm³/mol. The highest BCUT2D eigenvalue weighted by Gasteiger charge is 2.46. The lowest BCUT2D eigenvalue weighted by molar-refractivity contribution is -0.137. The van der Waals surface area contributed by atoms with Crippen molar-refractivity contribution in [2.24, 2.45) is 5.41 Å². The normalized spacial score (nSPS) is 17.1. The molecule has 0 spiro atoms. The molecule has 0 aromatic heterocycles. The Bertz CT molecular complexity index is 737. The molecule has 6 nitrogen and oxygen atoms in total. The zero-order chi connectivity index (χ0) is 18.0. The van der Waals surface area contributed by atoms with Crippen molar-refractivity contribution in [3.63, 3.8) is 0 Å². The number of carboxylic acids is 1. The minimum absolute atomic E-state index is 0.00137. The molecular formula is C17H23NO5S. The number of nitrogens with one attached hydrogen (secondary N) is 1. The van der Waals surface area contributed by atoms with E-state index in [1.165, 1.54) is 6.26 Å². The molecular weight excluding hydrogens is 330 g/mol. The fourth-order valence-electron chi connectivity index (χ4n) is 3.08. The van der Waals surface area contributed by atoms with Gasteiger partial charge in [-0.1, -0.05) is 24.3 Å². The van der Waals surface area contributed by atoms with Crippen LogP contribution in [0.2, 0.25) is 0 Å². The molecule has 1 amide bonds. The van der Waals surface area contributed by atoms with Crippen molar-refractivity contribution in [3.05, 3.63) is 35.4 Å². The first-order valence-electron chi connectivity index (χ1n) is 7.85. The van der Waals surface area contributed by atoms with Crippen LogP contribution >= 0.6 is 0 Å². The molecule has 132 valence electrons. The van der Waals surface area contributed by atoms with Gasteiger partial charge in [-0.3, -0.25) is 9.59 Å². The average molecular weight is 353 g/mol. The summed E-state index contributed by atoms with van der Waals surface area (Å²) in [5, 5.41) is 11.9. The van der Waals surface area contributed by atoms with Crippen LogP contribution in [0.25, 0.3) is 0 Å². The maximum absolute atomic E-state index is 12.4. The highest BCUT2D eigenvalue weighted by atomic mass is 32.2. The molecule has 1 atom stereocenters. The first-order chi connectivity index (χ1) is 11.1. The number of aryl methyl sites for hydroxylation is 1. The summed E-state index contributed by atoms with van der Waals surface area (Å²) < 4.78 is 23.0. The summed E-state index contributed by atoms with van der Waals surface area (Å²) in [6.45, 7) is 1.86. The first-order valence-corrected chi connectivity index (χ1v) is 9.91. The van der Waals surface area contributed by atoms with Crippen molar-refractivity contribution in [2.45, 2.75) is 38.6 Å². The van der Waals surface area contributed by atoms with Gasteiger partial charge in [-0.15, -0.1) is 0 Å². The van der Waals surface area contributed by atoms with E-state index >= 15 is 0 Å². The van der Waals surface area contributed by atoms with Gasteiger partial charge in [-0.25, -0.2) is 8.42 Å². The van der Waals surface area contributed by atoms with Crippen LogP contribution in [-0.4, -0.2) is 37.4 Å². The summed E-state index contributed by atoms with van der Waals surface area (Å²) in [5.41, 5.74) is 1.19. The van der Waals surface area contributed by atoms with E-state index in [0.717, 1.165) is 11.1 Å². The van der Waals surface area contributed by atoms with Crippen LogP contribution in [0, 0.1) is 12.3 Å². The van der Waals surface area contributed by atoms with Crippen LogP contribution in [0.15, 0.2) is 24.3 Å². The quantitative estimate of drug-likeness (QED) is 0.743. The lowest BCUT2D eigenvalue weighted by Crippen LogP contribution is -2.33. The highest BCUT2D eigenvalue weighted by molar-refractivity contribution is 7.90. The van der Waals surface area contributed by atoms with Gasteiger partial charge in [0.15, 0.2) is 0 Å². The standard InChI is InChI=1S/C17H23NO5S/c1-12-5-3-4-6-13(12)14(9-16(20)21)18-15(19)10-17(7-8-17)11-24(2,22)23/h3-6,14H,7-11H2,1-2H3,(H,18,19)(H,20,21). The second-order valence-electron chi connectivity index (χ2n) is 6.82. The number of carbonyl (C=O) groups is 2. The number of carbonyl (C=O) groups excluding carboxylic acids is 1. The van der Waals surface area contributed by atoms with Crippen LogP contribution in [-0.2, 0) is 19.4 Å². The van der Waals surface area contributed by atoms with Crippen molar-refractivity contribution in [3.8, 4) is 0 Å². The van der Waals surface area contributed by atoms with Crippen LogP contribution < -0.4 is 5.32 Å². The van der Waals surface area contributed by atoms with Gasteiger partial charge in [0.1, 0.15) is 9.84 Å². The molecule has 0 radical (unpaired) electrons. The minimum atomic E-state index is -3.15. The Morgan fingerprint density at radius 1 is 1.29 bits per heavy atom. The lowest BCUT2D eigenvalue weighted by Gasteiger charge is -2.21. The zero-order valence-corrected chi connectivity index (χ0v) is 14.7. The van der Waals surface area contributed by atoms with Gasteiger partial charge in [0, 0.05) is 12.7 Å². The number of rotatable bonds is 8. The molecule has 2 rings (SSSR count). The number of benzene rings is 1. The Morgan fingerprint density at radius 2 is 1.92 bits per heavy atom. The summed E-state index contributed by atoms with van der Waals surface area (Å²) in [6, 6.07) is 6.69. The van der Waals surface area contributed by atoms with Gasteiger partial charge in [0.2, 0.25) is 5.91 Å². The number of aliphatic carboxylic acids is 1. The van der Waals surface area contributed by atoms with Gasteiger partial charge in [-0.2, -0.15) is 0 Å². The number of hydrogen-bond acceptors (Lipinski definition) is 4. The van der Waals surface area contributed by atoms with Crippen molar-refractivity contribution < 1.29 is 23.1 Å². The van der Waals surface area contributed by atoms with Crippen molar-refractivity contribution in [2.75, 3.05) is 12.0 Å². The number of sulfone groups is 1. The Balaban J connectivity index is 2.08. The van der Waals surface area contributed by atoms with Crippen LogP contribution in [0.3, 0.4) is 0 Å². The summed E-state index contributed by atoms with van der Waals surface area (Å²) >= 11 is 0. The Kier molecular flexibility index (Phi) is 5.32. The largest absolute Gasteiger partial charge is 0.481 e. The molecule has 1 unspecified atom stereocenters. The molecule has 1 aromatic rings. The van der Waals surface area contributed by atoms with E-state index in [0.29, 0.717) is 12.8 Å². The second-order valence-corrected chi connectivity index (χ2v) is 8.96. The predicted octanol–water partition coefficient (Wildman–Crippen LogP) is 1.84. The summed E-state index contributed by atoms with van der Waals surface area (Å²) in [7, 11) is -3.15. The molecule has 1 aliphatic carbocycles. The maximum atomic E-state index is 12.4. The Morgan fingerprint density at radius 3 is 2.42 bits per heavy atom. The smallest absolute Gasteiger partial charge is 0.305 e. The Hall–Kier alpha value is -1.89. The number of carboxylic acid groups (broad SMARTS) is 1. The van der Waals surface area contributed by atoms with Gasteiger partial charge in [0.25, 0.3) is 0 Å². The monoisotopic (exact) mass is 353 g/mol. The topological polar surface area (TPSA) is 101 Å². The maximum Gasteiger partial charge on any atom is 0.305 e. The van der Waals surface area contributed by atoms with E-state index in [9.17, 15) is 18.0 Å². The fraction of sp³-hybridized carbons (Fsp3) is 0.529. The van der Waals surface area contributed by atoms with E-state index in [-0.39, 0.29) is 24.5 Å². The zero-order valence-electron chi connectivity index (χ0n) is 13.9. The van der Waals surface area contributed by atoms with Crippen LogP contribution in [0.1, 0.15) is 42.9 Å². The van der Waals surface area contributed by atoms with E-state index in [1.807, 2.05) is 19.1 Å². The molecule has 1 saturated carbocycles. The first kappa shape index (κ1) is 18.4. The average Bonchev–Trinajstić information content (AvgIpc) is 3.14. The van der Waals surface area contributed by atoms with Gasteiger partial charge in [-0.05, 0) is 36.3 Å². The third-order valence-corrected chi connectivity index (χ3v) is 5.48. The van der Waals surface area contributed by atoms with E-state index in [2.05, 4.69) is 5.32 Å². The summed E-state index contributed by atoms with van der Waals surface area (Å²) in [5.74, 6) is -1.30. The molecule has 1 aromatic carbocycles. The third-order valence-electron chi connectivity index (χ3n) is 4.34. The third kappa shape index (κ3) is 5.33. The molecule has 7 heteroatoms. The van der Waals surface area contributed by atoms with Crippen molar-refractivity contribution in [1.29, 1.82) is 0 Å². The SMILES string of the molecule is Cc1ccccc1C(CC(=O)O)NC(=O)CC1(CS(C)(=O)=O)CC1. The molecule has 0 aliphatic heterocycles. The molecule has 0 saturated heterocycles. The van der Waals surface area contributed by atoms with Crippen molar-refractivity contribution in [1.82, 2.24) is 5.32 Å². The van der Waals surface area contributed by atoms with Crippen LogP contribution in [0.5, 0.6) is 0 Å². The van der Waals surface area contributed by atoms with E-state index in [4.69, 9.17) is 5.11 Å². The molecule has 1 aliphatic rings. The van der Waals surface area contributed by atoms with E-state index in [1.54, 1.807) is 12.1 Å². The molecule has 0 heterocycles. The number of amides is 1. The lowest BCUT2D eigenvalue weighted by atomic mass is 9.97. The molecule has 24 heavy (non-hydrogen) atoms. The summed E-state index contributed by atoms with van der Waals surface area (Å²) in [6.07, 6.45) is 2.49. The van der Waals surface area contributed by atoms with E-state index < -0.39 is 27.3 Å². The fourth-order valence-corrected chi connectivity index (χ4v) is 4.59.